The molecule has 0 radical (unpaired) electrons. The molecule has 1 saturated heterocycles. The molecule has 1 fully saturated rings. The van der Waals surface area contributed by atoms with Crippen LogP contribution in [0.1, 0.15) is 40.5 Å². The van der Waals surface area contributed by atoms with Crippen molar-refractivity contribution in [1.82, 2.24) is 0 Å². The molecule has 19 heavy (non-hydrogen) atoms. The number of carbonyl (C=O) groups is 4. The van der Waals surface area contributed by atoms with Gasteiger partial charge < -0.3 is 9.47 Å². The Morgan fingerprint density at radius 1 is 1.21 bits per heavy atom. The number of esters is 4. The van der Waals surface area contributed by atoms with Crippen molar-refractivity contribution in [3.8, 4) is 0 Å². The van der Waals surface area contributed by atoms with Gasteiger partial charge in [0.15, 0.2) is 0 Å². The van der Waals surface area contributed by atoms with Crippen molar-refractivity contribution in [2.45, 2.75) is 40.5 Å². The molecule has 0 aromatic heterocycles. The minimum absolute atomic E-state index is 0.0980. The molecular weight excluding hydrogens is 252 g/mol. The summed E-state index contributed by atoms with van der Waals surface area (Å²) in [5, 5.41) is 0. The van der Waals surface area contributed by atoms with Crippen LogP contribution in [0, 0.1) is 17.3 Å². The van der Waals surface area contributed by atoms with Gasteiger partial charge in [0.05, 0.1) is 17.3 Å². The van der Waals surface area contributed by atoms with Gasteiger partial charge in [0.2, 0.25) is 0 Å². The molecule has 0 aliphatic carbocycles. The summed E-state index contributed by atoms with van der Waals surface area (Å²) in [7, 11) is 0. The predicted octanol–water partition coefficient (Wildman–Crippen LogP) is 1.22. The van der Waals surface area contributed by atoms with Crippen molar-refractivity contribution in [3.05, 3.63) is 0 Å². The summed E-state index contributed by atoms with van der Waals surface area (Å²) in [5.74, 6) is -3.69. The molecule has 1 heterocycles. The highest BCUT2D eigenvalue weighted by Gasteiger charge is 2.41. The molecule has 1 aliphatic heterocycles. The largest absolute Gasteiger partial charge is 0.393 e. The topological polar surface area (TPSA) is 86.7 Å². The number of rotatable bonds is 3. The van der Waals surface area contributed by atoms with Crippen molar-refractivity contribution >= 4 is 23.9 Å². The van der Waals surface area contributed by atoms with Crippen molar-refractivity contribution < 1.29 is 28.7 Å². The molecule has 0 spiro atoms. The zero-order valence-corrected chi connectivity index (χ0v) is 11.5. The summed E-state index contributed by atoms with van der Waals surface area (Å²) in [4.78, 5) is 45.4. The standard InChI is InChI=1S/C13H18O6/c1-7-8(11(16)19-10(7)15)5-6-9(14)18-12(17)13(2,3)4/h7-8H,5-6H2,1-4H3. The van der Waals surface area contributed by atoms with Gasteiger partial charge in [-0.1, -0.05) is 6.92 Å². The van der Waals surface area contributed by atoms with E-state index >= 15 is 0 Å². The Morgan fingerprint density at radius 2 is 1.79 bits per heavy atom. The lowest BCUT2D eigenvalue weighted by atomic mass is 9.92. The Kier molecular flexibility index (Phi) is 4.44. The molecule has 2 unspecified atom stereocenters. The van der Waals surface area contributed by atoms with Crippen LogP contribution in [0.15, 0.2) is 0 Å². The molecule has 0 amide bonds. The minimum Gasteiger partial charge on any atom is -0.393 e. The van der Waals surface area contributed by atoms with E-state index in [0.717, 1.165) is 0 Å². The zero-order valence-electron chi connectivity index (χ0n) is 11.5. The molecule has 0 bridgehead atoms. The summed E-state index contributed by atoms with van der Waals surface area (Å²) in [6.07, 6.45) is 0.0429. The molecule has 0 aromatic carbocycles. The average molecular weight is 270 g/mol. The number of hydrogen-bond donors (Lipinski definition) is 0. The van der Waals surface area contributed by atoms with E-state index in [1.165, 1.54) is 0 Å². The van der Waals surface area contributed by atoms with Crippen molar-refractivity contribution in [3.63, 3.8) is 0 Å². The first-order chi connectivity index (χ1) is 8.62. The zero-order chi connectivity index (χ0) is 14.8. The van der Waals surface area contributed by atoms with E-state index < -0.39 is 41.1 Å². The smallest absolute Gasteiger partial charge is 0.318 e. The van der Waals surface area contributed by atoms with E-state index in [9.17, 15) is 19.2 Å². The molecule has 1 aliphatic rings. The summed E-state index contributed by atoms with van der Waals surface area (Å²) >= 11 is 0. The average Bonchev–Trinajstić information content (AvgIpc) is 2.49. The third-order valence-electron chi connectivity index (χ3n) is 2.96. The first-order valence-corrected chi connectivity index (χ1v) is 6.13. The van der Waals surface area contributed by atoms with Gasteiger partial charge in [-0.3, -0.25) is 19.2 Å². The van der Waals surface area contributed by atoms with Crippen LogP contribution >= 0.6 is 0 Å². The van der Waals surface area contributed by atoms with Gasteiger partial charge in [0.1, 0.15) is 0 Å². The van der Waals surface area contributed by atoms with Gasteiger partial charge in [0.25, 0.3) is 0 Å². The monoisotopic (exact) mass is 270 g/mol. The fourth-order valence-corrected chi connectivity index (χ4v) is 1.58. The van der Waals surface area contributed by atoms with Crippen LogP contribution in [0.2, 0.25) is 0 Å². The first-order valence-electron chi connectivity index (χ1n) is 6.13. The third kappa shape index (κ3) is 3.87. The van der Waals surface area contributed by atoms with E-state index in [1.54, 1.807) is 27.7 Å². The second kappa shape index (κ2) is 5.50. The van der Waals surface area contributed by atoms with Crippen LogP contribution in [0.4, 0.5) is 0 Å². The van der Waals surface area contributed by atoms with Gasteiger partial charge in [0, 0.05) is 6.42 Å². The maximum atomic E-state index is 11.5. The highest BCUT2D eigenvalue weighted by atomic mass is 16.6. The minimum atomic E-state index is -0.759. The maximum Gasteiger partial charge on any atom is 0.318 e. The molecule has 0 saturated carbocycles. The van der Waals surface area contributed by atoms with Crippen LogP contribution in [-0.4, -0.2) is 23.9 Å². The van der Waals surface area contributed by atoms with Gasteiger partial charge >= 0.3 is 23.9 Å². The lowest BCUT2D eigenvalue weighted by molar-refractivity contribution is -0.165. The van der Waals surface area contributed by atoms with Crippen LogP contribution in [-0.2, 0) is 28.7 Å². The lowest BCUT2D eigenvalue weighted by Crippen LogP contribution is -2.26. The molecule has 0 N–H and O–H groups in total. The molecule has 6 nitrogen and oxygen atoms in total. The van der Waals surface area contributed by atoms with E-state index in [-0.39, 0.29) is 12.8 Å². The second-order valence-electron chi connectivity index (χ2n) is 5.69. The molecule has 1 rings (SSSR count). The molecule has 6 heteroatoms. The second-order valence-corrected chi connectivity index (χ2v) is 5.69. The third-order valence-corrected chi connectivity index (χ3v) is 2.96. The fraction of sp³-hybridized carbons (Fsp3) is 0.692. The Hall–Kier alpha value is -1.72. The van der Waals surface area contributed by atoms with Gasteiger partial charge in [-0.05, 0) is 27.2 Å². The number of carbonyl (C=O) groups excluding carboxylic acids is 4. The van der Waals surface area contributed by atoms with Crippen molar-refractivity contribution in [2.75, 3.05) is 0 Å². The highest BCUT2D eigenvalue weighted by Crippen LogP contribution is 2.27. The van der Waals surface area contributed by atoms with E-state index in [0.29, 0.717) is 0 Å². The van der Waals surface area contributed by atoms with Crippen LogP contribution < -0.4 is 0 Å². The molecule has 2 atom stereocenters. The summed E-state index contributed by atoms with van der Waals surface area (Å²) < 4.78 is 9.11. The van der Waals surface area contributed by atoms with E-state index in [4.69, 9.17) is 0 Å². The lowest BCUT2D eigenvalue weighted by Gasteiger charge is -2.15. The highest BCUT2D eigenvalue weighted by molar-refractivity contribution is 5.96. The SMILES string of the molecule is CC1C(=O)OC(=O)C1CCC(=O)OC(=O)C(C)(C)C. The van der Waals surface area contributed by atoms with Gasteiger partial charge in [-0.2, -0.15) is 0 Å². The van der Waals surface area contributed by atoms with Gasteiger partial charge in [-0.25, -0.2) is 0 Å². The molecule has 106 valence electrons. The normalized spacial score (nSPS) is 23.2. The Bertz CT molecular complexity index is 417. The van der Waals surface area contributed by atoms with Crippen LogP contribution in [0.3, 0.4) is 0 Å². The van der Waals surface area contributed by atoms with E-state index in [2.05, 4.69) is 9.47 Å². The maximum absolute atomic E-state index is 11.5. The quantitative estimate of drug-likeness (QED) is 0.566. The predicted molar refractivity (Wildman–Crippen MR) is 63.5 cm³/mol. The Labute approximate surface area is 111 Å². The van der Waals surface area contributed by atoms with Crippen molar-refractivity contribution in [2.24, 2.45) is 17.3 Å². The Morgan fingerprint density at radius 3 is 2.21 bits per heavy atom. The Balaban J connectivity index is 2.45. The van der Waals surface area contributed by atoms with Crippen LogP contribution in [0.5, 0.6) is 0 Å². The number of ether oxygens (including phenoxy) is 2. The molecule has 0 aromatic rings. The fourth-order valence-electron chi connectivity index (χ4n) is 1.58. The summed E-state index contributed by atoms with van der Waals surface area (Å²) in [5.41, 5.74) is -0.759. The van der Waals surface area contributed by atoms with Gasteiger partial charge in [-0.15, -0.1) is 0 Å². The summed E-state index contributed by atoms with van der Waals surface area (Å²) in [6, 6.07) is 0. The summed E-state index contributed by atoms with van der Waals surface area (Å²) in [6.45, 7) is 6.48. The van der Waals surface area contributed by atoms with E-state index in [1.807, 2.05) is 0 Å². The van der Waals surface area contributed by atoms with Crippen LogP contribution in [0.25, 0.3) is 0 Å². The number of hydrogen-bond acceptors (Lipinski definition) is 6. The molecular formula is C13H18O6. The van der Waals surface area contributed by atoms with Crippen molar-refractivity contribution in [1.29, 1.82) is 0 Å². The first kappa shape index (κ1) is 15.3. The number of cyclic esters (lactones) is 2.